The van der Waals surface area contributed by atoms with Gasteiger partial charge in [0, 0.05) is 5.92 Å². The number of hydrogen-bond donors (Lipinski definition) is 0. The van der Waals surface area contributed by atoms with Crippen molar-refractivity contribution in [3.63, 3.8) is 0 Å². The zero-order chi connectivity index (χ0) is 10.1. The Bertz CT molecular complexity index is 273. The second kappa shape index (κ2) is 3.36. The molecule has 13 heavy (non-hydrogen) atoms. The zero-order valence-corrected chi connectivity index (χ0v) is 7.06. The number of hydrogen-bond acceptors (Lipinski definition) is 1. The van der Waals surface area contributed by atoms with E-state index in [4.69, 9.17) is 0 Å². The largest absolute Gasteiger partial charge is 0.416 e. The van der Waals surface area contributed by atoms with Crippen LogP contribution in [-0.2, 0) is 4.79 Å². The van der Waals surface area contributed by atoms with Crippen molar-refractivity contribution >= 4 is 5.78 Å². The van der Waals surface area contributed by atoms with Crippen molar-refractivity contribution in [1.82, 2.24) is 0 Å². The number of allylic oxidation sites excluding steroid dienone is 4. The monoisotopic (exact) mass is 190 g/mol. The molecule has 0 aromatic rings. The Morgan fingerprint density at radius 3 is 2.46 bits per heavy atom. The maximum absolute atomic E-state index is 12.1. The van der Waals surface area contributed by atoms with Crippen LogP contribution in [0.15, 0.2) is 23.8 Å². The van der Waals surface area contributed by atoms with E-state index in [1.54, 1.807) is 0 Å². The fourth-order valence-corrected chi connectivity index (χ4v) is 1.13. The van der Waals surface area contributed by atoms with E-state index in [2.05, 4.69) is 0 Å². The molecule has 0 heterocycles. The summed E-state index contributed by atoms with van der Waals surface area (Å²) in [5, 5.41) is 0. The van der Waals surface area contributed by atoms with Gasteiger partial charge in [-0.2, -0.15) is 13.2 Å². The molecule has 0 fully saturated rings. The van der Waals surface area contributed by atoms with E-state index in [0.29, 0.717) is 0 Å². The third kappa shape index (κ3) is 2.44. The first-order valence-corrected chi connectivity index (χ1v) is 3.87. The van der Waals surface area contributed by atoms with E-state index in [1.807, 2.05) is 0 Å². The van der Waals surface area contributed by atoms with Crippen LogP contribution in [0.4, 0.5) is 13.2 Å². The van der Waals surface area contributed by atoms with E-state index in [1.165, 1.54) is 13.0 Å². The third-order valence-electron chi connectivity index (χ3n) is 1.95. The fraction of sp³-hybridized carbons (Fsp3) is 0.444. The van der Waals surface area contributed by atoms with E-state index in [0.717, 1.165) is 12.2 Å². The molecular weight excluding hydrogens is 181 g/mol. The van der Waals surface area contributed by atoms with E-state index in [9.17, 15) is 18.0 Å². The van der Waals surface area contributed by atoms with Gasteiger partial charge in [0.1, 0.15) is 5.78 Å². The molecule has 0 saturated carbocycles. The molecule has 1 rings (SSSR count). The molecule has 1 unspecified atom stereocenters. The maximum atomic E-state index is 12.1. The molecule has 0 spiro atoms. The zero-order valence-electron chi connectivity index (χ0n) is 7.06. The molecule has 1 nitrogen and oxygen atoms in total. The highest BCUT2D eigenvalue weighted by atomic mass is 19.4. The first kappa shape index (κ1) is 10.0. The van der Waals surface area contributed by atoms with Crippen molar-refractivity contribution in [3.05, 3.63) is 23.8 Å². The van der Waals surface area contributed by atoms with Gasteiger partial charge in [0.2, 0.25) is 0 Å². The van der Waals surface area contributed by atoms with Crippen LogP contribution in [0.1, 0.15) is 13.3 Å². The van der Waals surface area contributed by atoms with Crippen LogP contribution in [0.5, 0.6) is 0 Å². The first-order chi connectivity index (χ1) is 5.91. The average molecular weight is 190 g/mol. The predicted molar refractivity (Wildman–Crippen MR) is 42.1 cm³/mol. The van der Waals surface area contributed by atoms with Gasteiger partial charge >= 0.3 is 6.18 Å². The summed E-state index contributed by atoms with van der Waals surface area (Å²) >= 11 is 0. The Morgan fingerprint density at radius 2 is 2.15 bits per heavy atom. The molecule has 0 amide bonds. The average Bonchev–Trinajstić information content (AvgIpc) is 2.03. The Labute approximate surface area is 73.9 Å². The van der Waals surface area contributed by atoms with Gasteiger partial charge in [0.25, 0.3) is 0 Å². The molecule has 0 bridgehead atoms. The summed E-state index contributed by atoms with van der Waals surface area (Å²) < 4.78 is 36.2. The van der Waals surface area contributed by atoms with Crippen molar-refractivity contribution in [2.24, 2.45) is 5.92 Å². The number of rotatable bonds is 1. The molecule has 1 atom stereocenters. The Kier molecular flexibility index (Phi) is 2.59. The maximum Gasteiger partial charge on any atom is 0.416 e. The quantitative estimate of drug-likeness (QED) is 0.621. The molecule has 0 aromatic heterocycles. The van der Waals surface area contributed by atoms with Crippen molar-refractivity contribution in [3.8, 4) is 0 Å². The van der Waals surface area contributed by atoms with Crippen LogP contribution in [0.2, 0.25) is 0 Å². The number of carbonyl (C=O) groups is 1. The number of alkyl halides is 3. The molecule has 0 aliphatic heterocycles. The van der Waals surface area contributed by atoms with Crippen molar-refractivity contribution in [1.29, 1.82) is 0 Å². The third-order valence-corrected chi connectivity index (χ3v) is 1.95. The summed E-state index contributed by atoms with van der Waals surface area (Å²) in [4.78, 5) is 10.8. The second-order valence-electron chi connectivity index (χ2n) is 2.97. The SMILES string of the molecule is CC(=O)C1C=CC(C(F)(F)F)=CC1. The highest BCUT2D eigenvalue weighted by molar-refractivity contribution is 5.80. The lowest BCUT2D eigenvalue weighted by atomic mass is 9.93. The minimum Gasteiger partial charge on any atom is -0.299 e. The van der Waals surface area contributed by atoms with Gasteiger partial charge < -0.3 is 0 Å². The van der Waals surface area contributed by atoms with Crippen molar-refractivity contribution in [2.45, 2.75) is 19.5 Å². The standard InChI is InChI=1S/C9H9F3O/c1-6(13)7-2-4-8(5-3-7)9(10,11)12/h2,4-5,7H,3H2,1H3. The molecule has 0 saturated heterocycles. The van der Waals surface area contributed by atoms with Crippen LogP contribution in [-0.4, -0.2) is 12.0 Å². The van der Waals surface area contributed by atoms with Crippen LogP contribution in [0.25, 0.3) is 0 Å². The molecule has 0 aromatic carbocycles. The highest BCUT2D eigenvalue weighted by Gasteiger charge is 2.33. The Hall–Kier alpha value is -1.06. The van der Waals surface area contributed by atoms with Gasteiger partial charge in [-0.3, -0.25) is 4.79 Å². The molecule has 1 aliphatic carbocycles. The minimum atomic E-state index is -4.29. The van der Waals surface area contributed by atoms with E-state index >= 15 is 0 Å². The Morgan fingerprint density at radius 1 is 1.54 bits per heavy atom. The summed E-state index contributed by atoms with van der Waals surface area (Å²) in [6, 6.07) is 0. The lowest BCUT2D eigenvalue weighted by molar-refractivity contribution is -0.119. The molecule has 1 aliphatic rings. The topological polar surface area (TPSA) is 17.1 Å². The summed E-state index contributed by atoms with van der Waals surface area (Å²) in [6.07, 6.45) is -0.800. The van der Waals surface area contributed by atoms with Gasteiger partial charge in [0.15, 0.2) is 0 Å². The second-order valence-corrected chi connectivity index (χ2v) is 2.97. The predicted octanol–water partition coefficient (Wildman–Crippen LogP) is 2.64. The van der Waals surface area contributed by atoms with Gasteiger partial charge in [-0.05, 0) is 13.3 Å². The lowest BCUT2D eigenvalue weighted by Crippen LogP contribution is -2.16. The van der Waals surface area contributed by atoms with E-state index < -0.39 is 11.7 Å². The van der Waals surface area contributed by atoms with Crippen LogP contribution in [0, 0.1) is 5.92 Å². The molecule has 4 heteroatoms. The number of carbonyl (C=O) groups excluding carboxylic acids is 1. The minimum absolute atomic E-state index is 0.103. The van der Waals surface area contributed by atoms with Crippen molar-refractivity contribution < 1.29 is 18.0 Å². The smallest absolute Gasteiger partial charge is 0.299 e. The van der Waals surface area contributed by atoms with Gasteiger partial charge in [-0.1, -0.05) is 18.2 Å². The fourth-order valence-electron chi connectivity index (χ4n) is 1.13. The van der Waals surface area contributed by atoms with Gasteiger partial charge in [0.05, 0.1) is 5.57 Å². The lowest BCUT2D eigenvalue weighted by Gasteiger charge is -2.15. The van der Waals surface area contributed by atoms with E-state index in [-0.39, 0.29) is 18.1 Å². The molecule has 72 valence electrons. The van der Waals surface area contributed by atoms with Crippen LogP contribution in [0.3, 0.4) is 0 Å². The summed E-state index contributed by atoms with van der Waals surface area (Å²) in [7, 11) is 0. The molecule has 0 N–H and O–H groups in total. The van der Waals surface area contributed by atoms with Crippen molar-refractivity contribution in [2.75, 3.05) is 0 Å². The number of Topliss-reactive ketones (excluding diaryl/α,β-unsaturated/α-hetero) is 1. The number of ketones is 1. The highest BCUT2D eigenvalue weighted by Crippen LogP contribution is 2.30. The first-order valence-electron chi connectivity index (χ1n) is 3.87. The van der Waals surface area contributed by atoms with Gasteiger partial charge in [-0.25, -0.2) is 0 Å². The normalized spacial score (nSPS) is 22.8. The Balaban J connectivity index is 2.71. The molecule has 0 radical (unpaired) electrons. The van der Waals surface area contributed by atoms with Gasteiger partial charge in [-0.15, -0.1) is 0 Å². The van der Waals surface area contributed by atoms with Crippen LogP contribution < -0.4 is 0 Å². The number of halogens is 3. The summed E-state index contributed by atoms with van der Waals surface area (Å²) in [6.45, 7) is 1.38. The summed E-state index contributed by atoms with van der Waals surface area (Å²) in [5.41, 5.74) is -0.662. The van der Waals surface area contributed by atoms with Crippen LogP contribution >= 0.6 is 0 Å². The molecular formula is C9H9F3O. The summed E-state index contributed by atoms with van der Waals surface area (Å²) in [5.74, 6) is -0.486.